The summed E-state index contributed by atoms with van der Waals surface area (Å²) in [5, 5.41) is 0. The molecule has 0 saturated heterocycles. The van der Waals surface area contributed by atoms with Crippen molar-refractivity contribution in [2.24, 2.45) is 5.41 Å². The molecule has 0 aliphatic heterocycles. The summed E-state index contributed by atoms with van der Waals surface area (Å²) in [5.74, 6) is 0. The number of anilines is 1. The Hall–Kier alpha value is -1.57. The van der Waals surface area contributed by atoms with Crippen LogP contribution in [0.1, 0.15) is 38.7 Å². The number of hydrogen-bond donors (Lipinski definition) is 0. The third kappa shape index (κ3) is 4.52. The van der Waals surface area contributed by atoms with Crippen LogP contribution in [0.2, 0.25) is 0 Å². The highest BCUT2D eigenvalue weighted by atomic mass is 16.1. The van der Waals surface area contributed by atoms with Gasteiger partial charge in [-0.1, -0.05) is 30.2 Å². The van der Waals surface area contributed by atoms with E-state index in [0.717, 1.165) is 31.2 Å². The fourth-order valence-electron chi connectivity index (χ4n) is 2.78. The van der Waals surface area contributed by atoms with Crippen molar-refractivity contribution in [3.63, 3.8) is 0 Å². The van der Waals surface area contributed by atoms with Crippen LogP contribution in [-0.2, 0) is 4.79 Å². The third-order valence-corrected chi connectivity index (χ3v) is 3.99. The Morgan fingerprint density at radius 3 is 2.40 bits per heavy atom. The maximum absolute atomic E-state index is 11.1. The number of aryl methyl sites for hydroxylation is 1. The highest BCUT2D eigenvalue weighted by Crippen LogP contribution is 2.34. The molecule has 0 fully saturated rings. The van der Waals surface area contributed by atoms with Gasteiger partial charge in [0.05, 0.1) is 0 Å². The summed E-state index contributed by atoms with van der Waals surface area (Å²) in [6, 6.07) is 8.52. The first-order valence-corrected chi connectivity index (χ1v) is 7.28. The second-order valence-corrected chi connectivity index (χ2v) is 6.05. The van der Waals surface area contributed by atoms with E-state index in [1.165, 1.54) is 11.3 Å². The number of nitrogens with zero attached hydrogens (tertiary/aromatic N) is 1. The summed E-state index contributed by atoms with van der Waals surface area (Å²) < 4.78 is 0. The molecule has 0 N–H and O–H groups in total. The molecule has 20 heavy (non-hydrogen) atoms. The van der Waals surface area contributed by atoms with Crippen LogP contribution in [0.3, 0.4) is 0 Å². The Balaban J connectivity index is 2.90. The van der Waals surface area contributed by atoms with Crippen LogP contribution in [0.15, 0.2) is 36.4 Å². The number of aldehydes is 1. The van der Waals surface area contributed by atoms with E-state index in [-0.39, 0.29) is 5.41 Å². The van der Waals surface area contributed by atoms with Crippen LogP contribution in [0, 0.1) is 12.3 Å². The Morgan fingerprint density at radius 1 is 1.35 bits per heavy atom. The van der Waals surface area contributed by atoms with Gasteiger partial charge in [-0.25, -0.2) is 0 Å². The molecular weight excluding hydrogens is 246 g/mol. The summed E-state index contributed by atoms with van der Waals surface area (Å²) in [4.78, 5) is 13.3. The second kappa shape index (κ2) is 7.28. The van der Waals surface area contributed by atoms with Gasteiger partial charge in [-0.3, -0.25) is 0 Å². The molecule has 0 bridgehead atoms. The summed E-state index contributed by atoms with van der Waals surface area (Å²) in [6.07, 6.45) is 3.52. The molecule has 0 saturated carbocycles. The van der Waals surface area contributed by atoms with Crippen LogP contribution < -0.4 is 4.90 Å². The highest BCUT2D eigenvalue weighted by molar-refractivity contribution is 5.52. The van der Waals surface area contributed by atoms with Crippen molar-refractivity contribution in [3.05, 3.63) is 42.0 Å². The van der Waals surface area contributed by atoms with Gasteiger partial charge in [-0.05, 0) is 44.2 Å². The largest absolute Gasteiger partial charge is 0.374 e. The van der Waals surface area contributed by atoms with E-state index in [1.807, 2.05) is 6.92 Å². The molecule has 0 radical (unpaired) electrons. The van der Waals surface area contributed by atoms with E-state index >= 15 is 0 Å². The van der Waals surface area contributed by atoms with Crippen LogP contribution in [0.5, 0.6) is 0 Å². The molecule has 2 heteroatoms. The van der Waals surface area contributed by atoms with Crippen molar-refractivity contribution in [1.82, 2.24) is 0 Å². The zero-order chi connectivity index (χ0) is 15.2. The Labute approximate surface area is 123 Å². The van der Waals surface area contributed by atoms with Crippen LogP contribution in [0.4, 0.5) is 5.69 Å². The lowest BCUT2D eigenvalue weighted by Gasteiger charge is -2.36. The normalized spacial score (nSPS) is 13.6. The van der Waals surface area contributed by atoms with E-state index in [4.69, 9.17) is 0 Å². The lowest BCUT2D eigenvalue weighted by atomic mass is 9.76. The predicted octanol–water partition coefficient (Wildman–Crippen LogP) is 4.38. The fraction of sp³-hybridized carbons (Fsp3) is 0.500. The molecule has 1 atom stereocenters. The van der Waals surface area contributed by atoms with Gasteiger partial charge in [-0.2, -0.15) is 0 Å². The summed E-state index contributed by atoms with van der Waals surface area (Å²) >= 11 is 0. The van der Waals surface area contributed by atoms with Gasteiger partial charge in [0, 0.05) is 25.7 Å². The smallest absolute Gasteiger partial charge is 0.120 e. The van der Waals surface area contributed by atoms with E-state index in [1.54, 1.807) is 0 Å². The van der Waals surface area contributed by atoms with E-state index in [9.17, 15) is 4.79 Å². The van der Waals surface area contributed by atoms with E-state index < -0.39 is 0 Å². The van der Waals surface area contributed by atoms with Crippen molar-refractivity contribution in [2.45, 2.75) is 40.0 Å². The summed E-state index contributed by atoms with van der Waals surface area (Å²) in [7, 11) is 2.10. The first-order chi connectivity index (χ1) is 9.42. The number of carbonyl (C=O) groups is 1. The molecule has 0 amide bonds. The molecule has 0 spiro atoms. The average molecular weight is 273 g/mol. The number of allylic oxidation sites excluding steroid dienone is 1. The molecule has 1 aromatic rings. The van der Waals surface area contributed by atoms with Gasteiger partial charge >= 0.3 is 0 Å². The molecule has 0 aliphatic rings. The Morgan fingerprint density at radius 2 is 1.95 bits per heavy atom. The molecule has 2 nitrogen and oxygen atoms in total. The van der Waals surface area contributed by atoms with Crippen molar-refractivity contribution in [1.29, 1.82) is 0 Å². The summed E-state index contributed by atoms with van der Waals surface area (Å²) in [6.45, 7) is 11.2. The number of benzene rings is 1. The lowest BCUT2D eigenvalue weighted by Crippen LogP contribution is -2.36. The third-order valence-electron chi connectivity index (χ3n) is 3.99. The topological polar surface area (TPSA) is 20.3 Å². The minimum Gasteiger partial charge on any atom is -0.374 e. The molecule has 1 aromatic carbocycles. The van der Waals surface area contributed by atoms with Gasteiger partial charge in [0.25, 0.3) is 0 Å². The number of hydrogen-bond acceptors (Lipinski definition) is 2. The first-order valence-electron chi connectivity index (χ1n) is 7.28. The van der Waals surface area contributed by atoms with Crippen molar-refractivity contribution in [2.75, 3.05) is 18.5 Å². The van der Waals surface area contributed by atoms with Crippen LogP contribution >= 0.6 is 0 Å². The predicted molar refractivity (Wildman–Crippen MR) is 87.3 cm³/mol. The maximum Gasteiger partial charge on any atom is 0.120 e. The van der Waals surface area contributed by atoms with Crippen LogP contribution in [-0.4, -0.2) is 19.9 Å². The minimum absolute atomic E-state index is 0.00673. The van der Waals surface area contributed by atoms with Gasteiger partial charge in [0.15, 0.2) is 0 Å². The Kier molecular flexibility index (Phi) is 6.00. The molecule has 0 aromatic heterocycles. The number of carbonyl (C=O) groups excluding carboxylic acids is 1. The fourth-order valence-corrected chi connectivity index (χ4v) is 2.78. The minimum atomic E-state index is -0.00673. The van der Waals surface area contributed by atoms with Gasteiger partial charge in [-0.15, -0.1) is 6.58 Å². The Bertz CT molecular complexity index is 449. The molecular formula is C18H27NO. The molecule has 1 unspecified atom stereocenters. The van der Waals surface area contributed by atoms with Crippen molar-refractivity contribution in [3.8, 4) is 0 Å². The highest BCUT2D eigenvalue weighted by Gasteiger charge is 2.29. The van der Waals surface area contributed by atoms with Crippen LogP contribution in [0.25, 0.3) is 0 Å². The van der Waals surface area contributed by atoms with Gasteiger partial charge < -0.3 is 9.69 Å². The molecule has 0 aliphatic carbocycles. The summed E-state index contributed by atoms with van der Waals surface area (Å²) in [5.41, 5.74) is 3.60. The molecule has 0 heterocycles. The maximum atomic E-state index is 11.1. The van der Waals surface area contributed by atoms with E-state index in [0.29, 0.717) is 6.42 Å². The zero-order valence-electron chi connectivity index (χ0n) is 13.3. The average Bonchev–Trinajstić information content (AvgIpc) is 2.38. The lowest BCUT2D eigenvalue weighted by molar-refractivity contribution is -0.109. The van der Waals surface area contributed by atoms with Gasteiger partial charge in [0.2, 0.25) is 0 Å². The van der Waals surface area contributed by atoms with Crippen molar-refractivity contribution < 1.29 is 4.79 Å². The number of rotatable bonds is 8. The van der Waals surface area contributed by atoms with E-state index in [2.05, 4.69) is 56.6 Å². The molecule has 110 valence electrons. The second-order valence-electron chi connectivity index (χ2n) is 6.05. The SMILES string of the molecule is C=C(C)CC(CC)(CC=O)CN(C)c1ccc(C)cc1. The zero-order valence-corrected chi connectivity index (χ0v) is 13.3. The van der Waals surface area contributed by atoms with Crippen molar-refractivity contribution >= 4 is 12.0 Å². The molecule has 1 rings (SSSR count). The quantitative estimate of drug-likeness (QED) is 0.517. The monoisotopic (exact) mass is 273 g/mol. The first kappa shape index (κ1) is 16.5. The standard InChI is InChI=1S/C18H27NO/c1-6-18(11-12-20,13-15(2)3)14-19(5)17-9-7-16(4)8-10-17/h7-10,12H,2,6,11,13-14H2,1,3-5H3. The van der Waals surface area contributed by atoms with Gasteiger partial charge in [0.1, 0.15) is 6.29 Å².